The molecule has 0 N–H and O–H groups in total. The van der Waals surface area contributed by atoms with Crippen molar-refractivity contribution < 1.29 is 18.9 Å². The van der Waals surface area contributed by atoms with E-state index in [2.05, 4.69) is 9.88 Å². The topological polar surface area (TPSA) is 102 Å². The highest BCUT2D eigenvalue weighted by Crippen LogP contribution is 2.32. The zero-order chi connectivity index (χ0) is 21.5. The average molecular weight is 438 g/mol. The second kappa shape index (κ2) is 7.55. The van der Waals surface area contributed by atoms with Gasteiger partial charge in [0.1, 0.15) is 0 Å². The third kappa shape index (κ3) is 3.44. The van der Waals surface area contributed by atoms with Crippen LogP contribution >= 0.6 is 11.3 Å². The Morgan fingerprint density at radius 3 is 2.74 bits per heavy atom. The second-order valence-electron chi connectivity index (χ2n) is 7.17. The summed E-state index contributed by atoms with van der Waals surface area (Å²) in [7, 11) is 1.57. The van der Waals surface area contributed by atoms with Gasteiger partial charge in [-0.15, -0.1) is 0 Å². The van der Waals surface area contributed by atoms with Crippen LogP contribution in [0.15, 0.2) is 46.9 Å². The number of fused-ring (bicyclic) bond motifs is 2. The van der Waals surface area contributed by atoms with Gasteiger partial charge in [0.05, 0.1) is 22.2 Å². The fraction of sp³-hybridized carbons (Fsp3) is 0.238. The van der Waals surface area contributed by atoms with Gasteiger partial charge in [-0.1, -0.05) is 23.5 Å². The Morgan fingerprint density at radius 1 is 1.19 bits per heavy atom. The third-order valence-electron chi connectivity index (χ3n) is 5.35. The molecule has 0 unspecified atom stereocenters. The van der Waals surface area contributed by atoms with Gasteiger partial charge in [0.2, 0.25) is 0 Å². The summed E-state index contributed by atoms with van der Waals surface area (Å²) in [5, 5.41) is 12.6. The number of non-ortho nitro benzene ring substituents is 1. The normalized spacial score (nSPS) is 14.4. The van der Waals surface area contributed by atoms with Crippen molar-refractivity contribution in [3.05, 3.63) is 58.3 Å². The van der Waals surface area contributed by atoms with Crippen LogP contribution in [0.3, 0.4) is 0 Å². The van der Waals surface area contributed by atoms with E-state index in [9.17, 15) is 14.9 Å². The van der Waals surface area contributed by atoms with Crippen LogP contribution in [0.4, 0.5) is 10.8 Å². The van der Waals surface area contributed by atoms with Crippen molar-refractivity contribution >= 4 is 49.2 Å². The number of carbonyl (C=O) groups excluding carboxylic acids is 1. The molecule has 4 aromatic rings. The Labute approximate surface area is 180 Å². The standard InChI is InChI=1S/C21H18N4O5S/c1-29-16-4-2-3-13-11-17(30-19(13)16)20(26)23-7-9-24(10-8-23)21-22-15-6-5-14(25(27)28)12-18(15)31-21/h2-6,11-12H,7-10H2,1H3. The molecule has 31 heavy (non-hydrogen) atoms. The number of thiazole rings is 1. The molecule has 0 atom stereocenters. The second-order valence-corrected chi connectivity index (χ2v) is 8.18. The Morgan fingerprint density at radius 2 is 2.00 bits per heavy atom. The summed E-state index contributed by atoms with van der Waals surface area (Å²) in [5.41, 5.74) is 1.36. The molecule has 2 aromatic carbocycles. The molecule has 1 aliphatic heterocycles. The minimum Gasteiger partial charge on any atom is -0.493 e. The molecule has 1 aliphatic rings. The third-order valence-corrected chi connectivity index (χ3v) is 6.43. The van der Waals surface area contributed by atoms with Crippen molar-refractivity contribution in [1.29, 1.82) is 0 Å². The molecule has 1 amide bonds. The van der Waals surface area contributed by atoms with Crippen molar-refractivity contribution in [2.75, 3.05) is 38.2 Å². The molecule has 3 heterocycles. The fourth-order valence-corrected chi connectivity index (χ4v) is 4.76. The number of benzene rings is 2. The Hall–Kier alpha value is -3.66. The number of hydrogen-bond acceptors (Lipinski definition) is 8. The van der Waals surface area contributed by atoms with E-state index in [4.69, 9.17) is 9.15 Å². The zero-order valence-electron chi connectivity index (χ0n) is 16.6. The minimum absolute atomic E-state index is 0.0561. The summed E-state index contributed by atoms with van der Waals surface area (Å²) < 4.78 is 11.9. The highest BCUT2D eigenvalue weighted by atomic mass is 32.1. The van der Waals surface area contributed by atoms with Gasteiger partial charge in [-0.3, -0.25) is 14.9 Å². The molecule has 0 aliphatic carbocycles. The molecule has 5 rings (SSSR count). The quantitative estimate of drug-likeness (QED) is 0.351. The van der Waals surface area contributed by atoms with Crippen LogP contribution in [0.25, 0.3) is 21.2 Å². The first-order valence-electron chi connectivity index (χ1n) is 9.69. The lowest BCUT2D eigenvalue weighted by Gasteiger charge is -2.34. The predicted molar refractivity (Wildman–Crippen MR) is 117 cm³/mol. The van der Waals surface area contributed by atoms with Gasteiger partial charge in [0, 0.05) is 43.7 Å². The van der Waals surface area contributed by atoms with Gasteiger partial charge < -0.3 is 19.0 Å². The van der Waals surface area contributed by atoms with Crippen molar-refractivity contribution in [3.63, 3.8) is 0 Å². The maximum Gasteiger partial charge on any atom is 0.289 e. The first-order chi connectivity index (χ1) is 15.0. The number of nitrogens with zero attached hydrogens (tertiary/aromatic N) is 4. The summed E-state index contributed by atoms with van der Waals surface area (Å²) in [6, 6.07) is 12.0. The number of furan rings is 1. The largest absolute Gasteiger partial charge is 0.493 e. The summed E-state index contributed by atoms with van der Waals surface area (Å²) in [4.78, 5) is 32.0. The first-order valence-corrected chi connectivity index (χ1v) is 10.5. The van der Waals surface area contributed by atoms with Crippen molar-refractivity contribution in [3.8, 4) is 5.75 Å². The molecule has 0 saturated carbocycles. The lowest BCUT2D eigenvalue weighted by molar-refractivity contribution is -0.384. The number of nitro benzene ring substituents is 1. The molecule has 0 radical (unpaired) electrons. The number of piperazine rings is 1. The summed E-state index contributed by atoms with van der Waals surface area (Å²) in [5.74, 6) is 0.732. The lowest BCUT2D eigenvalue weighted by Crippen LogP contribution is -2.48. The monoisotopic (exact) mass is 438 g/mol. The van der Waals surface area contributed by atoms with Crippen molar-refractivity contribution in [2.24, 2.45) is 0 Å². The van der Waals surface area contributed by atoms with Crippen LogP contribution < -0.4 is 9.64 Å². The first kappa shape index (κ1) is 19.3. The van der Waals surface area contributed by atoms with Gasteiger partial charge in [0.25, 0.3) is 11.6 Å². The Bertz CT molecular complexity index is 1310. The smallest absolute Gasteiger partial charge is 0.289 e. The van der Waals surface area contributed by atoms with Gasteiger partial charge in [0.15, 0.2) is 22.2 Å². The maximum absolute atomic E-state index is 13.0. The SMILES string of the molecule is COc1cccc2cc(C(=O)N3CCN(c4nc5ccc([N+](=O)[O-])cc5s4)CC3)oc12. The Balaban J connectivity index is 1.30. The van der Waals surface area contributed by atoms with Crippen molar-refractivity contribution in [2.45, 2.75) is 0 Å². The van der Waals surface area contributed by atoms with E-state index in [-0.39, 0.29) is 11.6 Å². The number of rotatable bonds is 4. The van der Waals surface area contributed by atoms with Gasteiger partial charge in [-0.2, -0.15) is 0 Å². The minimum atomic E-state index is -0.406. The van der Waals surface area contributed by atoms with Crippen LogP contribution in [-0.4, -0.2) is 54.0 Å². The van der Waals surface area contributed by atoms with E-state index in [0.717, 1.165) is 20.7 Å². The number of anilines is 1. The number of amides is 1. The van der Waals surface area contributed by atoms with E-state index in [1.807, 2.05) is 12.1 Å². The molecule has 1 fully saturated rings. The van der Waals surface area contributed by atoms with Crippen LogP contribution in [0.5, 0.6) is 5.75 Å². The molecular weight excluding hydrogens is 420 g/mol. The molecule has 1 saturated heterocycles. The number of carbonyl (C=O) groups is 1. The van der Waals surface area contributed by atoms with Crippen LogP contribution in [0, 0.1) is 10.1 Å². The summed E-state index contributed by atoms with van der Waals surface area (Å²) >= 11 is 1.42. The molecule has 10 heteroatoms. The fourth-order valence-electron chi connectivity index (χ4n) is 3.71. The van der Waals surface area contributed by atoms with Gasteiger partial charge in [-0.05, 0) is 18.2 Å². The lowest BCUT2D eigenvalue weighted by atomic mass is 10.2. The Kier molecular flexibility index (Phi) is 4.70. The molecular formula is C21H18N4O5S. The average Bonchev–Trinajstić information content (AvgIpc) is 3.42. The number of methoxy groups -OCH3 is 1. The summed E-state index contributed by atoms with van der Waals surface area (Å²) in [6.45, 7) is 2.31. The maximum atomic E-state index is 13.0. The number of para-hydroxylation sites is 1. The van der Waals surface area contributed by atoms with E-state index in [0.29, 0.717) is 43.3 Å². The van der Waals surface area contributed by atoms with Crippen LogP contribution in [0.1, 0.15) is 10.6 Å². The molecule has 0 bridgehead atoms. The van der Waals surface area contributed by atoms with Crippen LogP contribution in [-0.2, 0) is 0 Å². The van der Waals surface area contributed by atoms with Gasteiger partial charge in [-0.25, -0.2) is 4.98 Å². The van der Waals surface area contributed by atoms with Crippen molar-refractivity contribution in [1.82, 2.24) is 9.88 Å². The highest BCUT2D eigenvalue weighted by Gasteiger charge is 2.26. The molecule has 0 spiro atoms. The van der Waals surface area contributed by atoms with E-state index < -0.39 is 4.92 Å². The van der Waals surface area contributed by atoms with E-state index >= 15 is 0 Å². The summed E-state index contributed by atoms with van der Waals surface area (Å²) in [6.07, 6.45) is 0. The van der Waals surface area contributed by atoms with E-state index in [1.54, 1.807) is 36.3 Å². The molecule has 158 valence electrons. The number of ether oxygens (including phenoxy) is 1. The number of aromatic nitrogens is 1. The van der Waals surface area contributed by atoms with Crippen LogP contribution in [0.2, 0.25) is 0 Å². The number of hydrogen-bond donors (Lipinski definition) is 0. The van der Waals surface area contributed by atoms with E-state index in [1.165, 1.54) is 17.4 Å². The highest BCUT2D eigenvalue weighted by molar-refractivity contribution is 7.22. The molecule has 2 aromatic heterocycles. The zero-order valence-corrected chi connectivity index (χ0v) is 17.4. The van der Waals surface area contributed by atoms with Gasteiger partial charge >= 0.3 is 0 Å². The number of nitro groups is 1. The predicted octanol–water partition coefficient (Wildman–Crippen LogP) is 3.92. The molecule has 9 nitrogen and oxygen atoms in total.